The summed E-state index contributed by atoms with van der Waals surface area (Å²) < 4.78 is 5.91. The first-order valence-corrected chi connectivity index (χ1v) is 6.59. The maximum atomic E-state index is 11.9. The minimum atomic E-state index is -0.157. The van der Waals surface area contributed by atoms with Crippen LogP contribution in [0.25, 0.3) is 0 Å². The molecule has 0 aliphatic rings. The number of amides is 1. The molecule has 0 aliphatic heterocycles. The summed E-state index contributed by atoms with van der Waals surface area (Å²) in [6, 6.07) is 8.81. The second kappa shape index (κ2) is 6.07. The van der Waals surface area contributed by atoms with Crippen LogP contribution >= 0.6 is 27.5 Å². The van der Waals surface area contributed by atoms with Crippen molar-refractivity contribution < 1.29 is 9.21 Å². The van der Waals surface area contributed by atoms with Gasteiger partial charge in [-0.25, -0.2) is 0 Å². The molecule has 1 amide bonds. The molecule has 2 rings (SSSR count). The van der Waals surface area contributed by atoms with Crippen LogP contribution in [0.5, 0.6) is 0 Å². The van der Waals surface area contributed by atoms with Crippen LogP contribution in [0.1, 0.15) is 16.1 Å². The number of halogens is 2. The molecule has 5 heteroatoms. The molecule has 1 N–H and O–H groups in total. The van der Waals surface area contributed by atoms with E-state index < -0.39 is 0 Å². The van der Waals surface area contributed by atoms with E-state index in [1.807, 2.05) is 12.1 Å². The van der Waals surface area contributed by atoms with Crippen molar-refractivity contribution in [3.05, 3.63) is 57.4 Å². The third-order valence-corrected chi connectivity index (χ3v) is 3.34. The number of nitrogens with one attached hydrogen (secondary N) is 1. The quantitative estimate of drug-likeness (QED) is 0.930. The summed E-state index contributed by atoms with van der Waals surface area (Å²) in [6.45, 7) is 0.519. The Balaban J connectivity index is 1.93. The monoisotopic (exact) mass is 327 g/mol. The average Bonchev–Trinajstić information content (AvgIpc) is 2.85. The smallest absolute Gasteiger partial charge is 0.252 e. The standard InChI is InChI=1S/C13H11BrClNO2/c14-12-4-3-9(15)8-11(12)13(17)16-6-5-10-2-1-7-18-10/h1-4,7-8H,5-6H2,(H,16,17). The Labute approximate surface area is 118 Å². The molecule has 0 saturated heterocycles. The van der Waals surface area contributed by atoms with Crippen LogP contribution in [0, 0.1) is 0 Å². The Morgan fingerprint density at radius 3 is 2.94 bits per heavy atom. The highest BCUT2D eigenvalue weighted by atomic mass is 79.9. The van der Waals surface area contributed by atoms with Crippen molar-refractivity contribution in [2.24, 2.45) is 0 Å². The van der Waals surface area contributed by atoms with Crippen LogP contribution in [0.2, 0.25) is 5.02 Å². The van der Waals surface area contributed by atoms with Crippen LogP contribution in [-0.2, 0) is 6.42 Å². The van der Waals surface area contributed by atoms with Crippen LogP contribution in [0.3, 0.4) is 0 Å². The maximum Gasteiger partial charge on any atom is 0.252 e. The molecule has 18 heavy (non-hydrogen) atoms. The lowest BCUT2D eigenvalue weighted by Gasteiger charge is -2.06. The second-order valence-electron chi connectivity index (χ2n) is 3.71. The summed E-state index contributed by atoms with van der Waals surface area (Å²) in [7, 11) is 0. The minimum absolute atomic E-state index is 0.157. The zero-order valence-corrected chi connectivity index (χ0v) is 11.8. The summed E-state index contributed by atoms with van der Waals surface area (Å²) in [6.07, 6.45) is 2.28. The lowest BCUT2D eigenvalue weighted by molar-refractivity contribution is 0.0953. The van der Waals surface area contributed by atoms with E-state index in [-0.39, 0.29) is 5.91 Å². The first-order chi connectivity index (χ1) is 8.66. The largest absolute Gasteiger partial charge is 0.469 e. The van der Waals surface area contributed by atoms with Gasteiger partial charge < -0.3 is 9.73 Å². The number of rotatable bonds is 4. The number of hydrogen-bond acceptors (Lipinski definition) is 2. The van der Waals surface area contributed by atoms with Gasteiger partial charge in [-0.15, -0.1) is 0 Å². The third-order valence-electron chi connectivity index (χ3n) is 2.41. The minimum Gasteiger partial charge on any atom is -0.469 e. The van der Waals surface area contributed by atoms with Crippen molar-refractivity contribution in [2.45, 2.75) is 6.42 Å². The van der Waals surface area contributed by atoms with Gasteiger partial charge in [0.1, 0.15) is 5.76 Å². The Bertz CT molecular complexity index is 540. The summed E-state index contributed by atoms with van der Waals surface area (Å²) in [5.74, 6) is 0.691. The van der Waals surface area contributed by atoms with Crippen molar-refractivity contribution >= 4 is 33.4 Å². The van der Waals surface area contributed by atoms with E-state index in [9.17, 15) is 4.79 Å². The van der Waals surface area contributed by atoms with Crippen LogP contribution < -0.4 is 5.32 Å². The predicted molar refractivity (Wildman–Crippen MR) is 73.9 cm³/mol. The zero-order chi connectivity index (χ0) is 13.0. The summed E-state index contributed by atoms with van der Waals surface area (Å²) >= 11 is 9.18. The van der Waals surface area contributed by atoms with Gasteiger partial charge in [-0.2, -0.15) is 0 Å². The molecule has 0 unspecified atom stereocenters. The average molecular weight is 329 g/mol. The molecule has 0 spiro atoms. The molecule has 0 saturated carbocycles. The van der Waals surface area contributed by atoms with E-state index in [1.54, 1.807) is 24.5 Å². The molecule has 0 radical (unpaired) electrons. The Morgan fingerprint density at radius 1 is 1.39 bits per heavy atom. The fourth-order valence-corrected chi connectivity index (χ4v) is 2.12. The van der Waals surface area contributed by atoms with E-state index in [0.29, 0.717) is 23.6 Å². The second-order valence-corrected chi connectivity index (χ2v) is 5.00. The Kier molecular flexibility index (Phi) is 4.44. The maximum absolute atomic E-state index is 11.9. The molecule has 1 heterocycles. The van der Waals surface area contributed by atoms with Crippen molar-refractivity contribution in [3.8, 4) is 0 Å². The van der Waals surface area contributed by atoms with Crippen molar-refractivity contribution in [2.75, 3.05) is 6.54 Å². The van der Waals surface area contributed by atoms with Crippen LogP contribution in [0.4, 0.5) is 0 Å². The van der Waals surface area contributed by atoms with E-state index in [1.165, 1.54) is 0 Å². The molecule has 0 fully saturated rings. The van der Waals surface area contributed by atoms with Gasteiger partial charge in [0.25, 0.3) is 5.91 Å². The third kappa shape index (κ3) is 3.37. The first-order valence-electron chi connectivity index (χ1n) is 5.42. The molecule has 0 bridgehead atoms. The van der Waals surface area contributed by atoms with Gasteiger partial charge in [-0.1, -0.05) is 11.6 Å². The zero-order valence-electron chi connectivity index (χ0n) is 9.45. The number of furan rings is 1. The highest BCUT2D eigenvalue weighted by Gasteiger charge is 2.10. The van der Waals surface area contributed by atoms with Gasteiger partial charge in [0, 0.05) is 22.5 Å². The summed E-state index contributed by atoms with van der Waals surface area (Å²) in [5.41, 5.74) is 0.530. The van der Waals surface area contributed by atoms with Gasteiger partial charge in [0.05, 0.1) is 11.8 Å². The molecule has 0 aliphatic carbocycles. The Hall–Kier alpha value is -1.26. The summed E-state index contributed by atoms with van der Waals surface area (Å²) in [5, 5.41) is 3.35. The van der Waals surface area contributed by atoms with Crippen LogP contribution in [-0.4, -0.2) is 12.5 Å². The van der Waals surface area contributed by atoms with Gasteiger partial charge in [0.15, 0.2) is 0 Å². The van der Waals surface area contributed by atoms with Gasteiger partial charge in [0.2, 0.25) is 0 Å². The fourth-order valence-electron chi connectivity index (χ4n) is 1.52. The highest BCUT2D eigenvalue weighted by molar-refractivity contribution is 9.10. The molecular formula is C13H11BrClNO2. The highest BCUT2D eigenvalue weighted by Crippen LogP contribution is 2.20. The SMILES string of the molecule is O=C(NCCc1ccco1)c1cc(Cl)ccc1Br. The van der Waals surface area contributed by atoms with E-state index in [4.69, 9.17) is 16.0 Å². The normalized spacial score (nSPS) is 10.3. The lowest BCUT2D eigenvalue weighted by Crippen LogP contribution is -2.25. The molecule has 0 atom stereocenters. The molecule has 2 aromatic rings. The van der Waals surface area contributed by atoms with Crippen molar-refractivity contribution in [3.63, 3.8) is 0 Å². The molecule has 1 aromatic heterocycles. The fraction of sp³-hybridized carbons (Fsp3) is 0.154. The molecule has 3 nitrogen and oxygen atoms in total. The van der Waals surface area contributed by atoms with E-state index in [2.05, 4.69) is 21.2 Å². The number of benzene rings is 1. The first kappa shape index (κ1) is 13.2. The lowest BCUT2D eigenvalue weighted by atomic mass is 10.2. The summed E-state index contributed by atoms with van der Waals surface area (Å²) in [4.78, 5) is 11.9. The number of hydrogen-bond donors (Lipinski definition) is 1. The van der Waals surface area contributed by atoms with Crippen LogP contribution in [0.15, 0.2) is 45.5 Å². The van der Waals surface area contributed by atoms with Gasteiger partial charge in [-0.3, -0.25) is 4.79 Å². The molecular weight excluding hydrogens is 318 g/mol. The van der Waals surface area contributed by atoms with Gasteiger partial charge >= 0.3 is 0 Å². The number of carbonyl (C=O) groups is 1. The predicted octanol–water partition coefficient (Wildman–Crippen LogP) is 3.67. The van der Waals surface area contributed by atoms with E-state index >= 15 is 0 Å². The number of carbonyl (C=O) groups excluding carboxylic acids is 1. The van der Waals surface area contributed by atoms with E-state index in [0.717, 1.165) is 10.2 Å². The topological polar surface area (TPSA) is 42.2 Å². The van der Waals surface area contributed by atoms with Crippen molar-refractivity contribution in [1.29, 1.82) is 0 Å². The molecule has 1 aromatic carbocycles. The molecule has 94 valence electrons. The Morgan fingerprint density at radius 2 is 2.22 bits per heavy atom. The van der Waals surface area contributed by atoms with Gasteiger partial charge in [-0.05, 0) is 46.3 Å². The van der Waals surface area contributed by atoms with Crippen molar-refractivity contribution in [1.82, 2.24) is 5.32 Å².